The number of hydrogen-bond acceptors (Lipinski definition) is 9. The fourth-order valence-electron chi connectivity index (χ4n) is 3.83. The molecule has 4 rings (SSSR count). The van der Waals surface area contributed by atoms with Gasteiger partial charge in [0.2, 0.25) is 11.0 Å². The van der Waals surface area contributed by atoms with Gasteiger partial charge in [-0.2, -0.15) is 0 Å². The van der Waals surface area contributed by atoms with E-state index in [0.29, 0.717) is 17.0 Å². The lowest BCUT2D eigenvalue weighted by molar-refractivity contribution is -0.145. The SMILES string of the molecule is COC(=O)C(Cc1ccc(-c2nccs2)cc1)NC(=O)C(CSC(=O)c1ccccc1)Cc1cc(C)no1. The van der Waals surface area contributed by atoms with Gasteiger partial charge in [0, 0.05) is 47.4 Å². The number of nitrogens with one attached hydrogen (secondary N) is 1. The predicted octanol–water partition coefficient (Wildman–Crippen LogP) is 4.74. The van der Waals surface area contributed by atoms with Crippen LogP contribution in [0.15, 0.2) is 76.8 Å². The molecule has 196 valence electrons. The zero-order valence-electron chi connectivity index (χ0n) is 21.0. The van der Waals surface area contributed by atoms with Crippen molar-refractivity contribution in [3.8, 4) is 10.6 Å². The van der Waals surface area contributed by atoms with Crippen molar-refractivity contribution in [2.75, 3.05) is 12.9 Å². The number of amides is 1. The molecule has 2 aromatic heterocycles. The summed E-state index contributed by atoms with van der Waals surface area (Å²) in [4.78, 5) is 43.0. The third-order valence-electron chi connectivity index (χ3n) is 5.80. The van der Waals surface area contributed by atoms with Gasteiger partial charge in [0.15, 0.2) is 0 Å². The molecule has 1 N–H and O–H groups in total. The number of thiazole rings is 1. The third-order valence-corrected chi connectivity index (χ3v) is 7.68. The highest BCUT2D eigenvalue weighted by Crippen LogP contribution is 2.23. The lowest BCUT2D eigenvalue weighted by atomic mass is 10.0. The first-order valence-corrected chi connectivity index (χ1v) is 13.8. The number of ether oxygens (including phenoxy) is 1. The Labute approximate surface area is 228 Å². The Bertz CT molecular complexity index is 1350. The molecule has 0 aliphatic rings. The molecular formula is C28H27N3O5S2. The van der Waals surface area contributed by atoms with E-state index in [0.717, 1.165) is 27.9 Å². The number of carbonyl (C=O) groups excluding carboxylic acids is 3. The normalized spacial score (nSPS) is 12.5. The summed E-state index contributed by atoms with van der Waals surface area (Å²) in [7, 11) is 1.29. The molecule has 0 radical (unpaired) electrons. The number of carbonyl (C=O) groups is 3. The minimum absolute atomic E-state index is 0.137. The lowest BCUT2D eigenvalue weighted by Crippen LogP contribution is -2.46. The Morgan fingerprint density at radius 1 is 1.08 bits per heavy atom. The summed E-state index contributed by atoms with van der Waals surface area (Å²) < 4.78 is 10.3. The summed E-state index contributed by atoms with van der Waals surface area (Å²) in [5.74, 6) is -0.829. The van der Waals surface area contributed by atoms with Crippen molar-refractivity contribution in [2.45, 2.75) is 25.8 Å². The van der Waals surface area contributed by atoms with E-state index in [9.17, 15) is 14.4 Å². The molecule has 0 bridgehead atoms. The second-order valence-electron chi connectivity index (χ2n) is 8.62. The van der Waals surface area contributed by atoms with E-state index in [1.807, 2.05) is 35.7 Å². The maximum Gasteiger partial charge on any atom is 0.328 e. The zero-order valence-corrected chi connectivity index (χ0v) is 22.6. The second kappa shape index (κ2) is 13.2. The largest absolute Gasteiger partial charge is 0.467 e. The molecule has 4 aromatic rings. The Morgan fingerprint density at radius 2 is 1.84 bits per heavy atom. The molecule has 8 nitrogen and oxygen atoms in total. The molecule has 0 saturated carbocycles. The van der Waals surface area contributed by atoms with Crippen LogP contribution in [0.5, 0.6) is 0 Å². The Kier molecular flexibility index (Phi) is 9.45. The van der Waals surface area contributed by atoms with Crippen molar-refractivity contribution in [3.63, 3.8) is 0 Å². The molecule has 0 spiro atoms. The molecule has 0 aliphatic heterocycles. The van der Waals surface area contributed by atoms with E-state index in [-0.39, 0.29) is 29.6 Å². The number of aryl methyl sites for hydroxylation is 1. The van der Waals surface area contributed by atoms with Crippen LogP contribution in [0.25, 0.3) is 10.6 Å². The van der Waals surface area contributed by atoms with Gasteiger partial charge in [-0.1, -0.05) is 71.5 Å². The van der Waals surface area contributed by atoms with Crippen LogP contribution in [0.2, 0.25) is 0 Å². The molecule has 1 amide bonds. The molecule has 10 heteroatoms. The van der Waals surface area contributed by atoms with Gasteiger partial charge in [-0.25, -0.2) is 9.78 Å². The number of rotatable bonds is 11. The highest BCUT2D eigenvalue weighted by molar-refractivity contribution is 8.14. The van der Waals surface area contributed by atoms with Crippen molar-refractivity contribution in [2.24, 2.45) is 5.92 Å². The molecular weight excluding hydrogens is 522 g/mol. The molecule has 2 aromatic carbocycles. The summed E-state index contributed by atoms with van der Waals surface area (Å²) in [6.45, 7) is 1.79. The van der Waals surface area contributed by atoms with Crippen LogP contribution in [-0.2, 0) is 27.2 Å². The van der Waals surface area contributed by atoms with Gasteiger partial charge >= 0.3 is 5.97 Å². The van der Waals surface area contributed by atoms with E-state index < -0.39 is 17.9 Å². The second-order valence-corrected chi connectivity index (χ2v) is 10.5. The number of thioether (sulfide) groups is 1. The highest BCUT2D eigenvalue weighted by Gasteiger charge is 2.28. The van der Waals surface area contributed by atoms with Crippen molar-refractivity contribution in [1.82, 2.24) is 15.5 Å². The first-order chi connectivity index (χ1) is 18.4. The molecule has 0 aliphatic carbocycles. The first-order valence-electron chi connectivity index (χ1n) is 11.9. The fraction of sp³-hybridized carbons (Fsp3) is 0.250. The summed E-state index contributed by atoms with van der Waals surface area (Å²) >= 11 is 2.60. The van der Waals surface area contributed by atoms with Gasteiger partial charge in [-0.3, -0.25) is 9.59 Å². The quantitative estimate of drug-likeness (QED) is 0.267. The van der Waals surface area contributed by atoms with Crippen molar-refractivity contribution in [3.05, 3.63) is 94.8 Å². The monoisotopic (exact) mass is 549 g/mol. The molecule has 2 heterocycles. The van der Waals surface area contributed by atoms with Crippen molar-refractivity contribution < 1.29 is 23.6 Å². The molecule has 2 unspecified atom stereocenters. The third kappa shape index (κ3) is 7.39. The number of methoxy groups -OCH3 is 1. The number of aromatic nitrogens is 2. The van der Waals surface area contributed by atoms with E-state index >= 15 is 0 Å². The predicted molar refractivity (Wildman–Crippen MR) is 147 cm³/mol. The van der Waals surface area contributed by atoms with Gasteiger partial charge in [0.05, 0.1) is 18.7 Å². The van der Waals surface area contributed by atoms with Crippen molar-refractivity contribution >= 4 is 40.1 Å². The first kappa shape index (κ1) is 27.3. The maximum absolute atomic E-state index is 13.4. The van der Waals surface area contributed by atoms with Crippen LogP contribution < -0.4 is 5.32 Å². The summed E-state index contributed by atoms with van der Waals surface area (Å²) in [5.41, 5.74) is 3.09. The smallest absolute Gasteiger partial charge is 0.328 e. The van der Waals surface area contributed by atoms with Crippen molar-refractivity contribution in [1.29, 1.82) is 0 Å². The Hall–Kier alpha value is -3.76. The van der Waals surface area contributed by atoms with Crippen LogP contribution in [0.1, 0.15) is 27.4 Å². The van der Waals surface area contributed by atoms with Gasteiger partial charge in [-0.15, -0.1) is 11.3 Å². The summed E-state index contributed by atoms with van der Waals surface area (Å²) in [6.07, 6.45) is 2.23. The van der Waals surface area contributed by atoms with E-state index in [1.54, 1.807) is 54.8 Å². The maximum atomic E-state index is 13.4. The minimum Gasteiger partial charge on any atom is -0.467 e. The molecule has 2 atom stereocenters. The van der Waals surface area contributed by atoms with Crippen LogP contribution in [0.3, 0.4) is 0 Å². The van der Waals surface area contributed by atoms with E-state index in [2.05, 4.69) is 15.5 Å². The van der Waals surface area contributed by atoms with Crippen LogP contribution in [0, 0.1) is 12.8 Å². The number of nitrogens with zero attached hydrogens (tertiary/aromatic N) is 2. The Balaban J connectivity index is 1.46. The topological polar surface area (TPSA) is 111 Å². The molecule has 0 fully saturated rings. The number of esters is 1. The number of hydrogen-bond donors (Lipinski definition) is 1. The summed E-state index contributed by atoms with van der Waals surface area (Å²) in [5, 5.41) is 9.41. The fourth-order valence-corrected chi connectivity index (χ4v) is 5.40. The zero-order chi connectivity index (χ0) is 26.9. The lowest BCUT2D eigenvalue weighted by Gasteiger charge is -2.21. The molecule has 0 saturated heterocycles. The van der Waals surface area contributed by atoms with Crippen LogP contribution in [-0.4, -0.2) is 46.0 Å². The van der Waals surface area contributed by atoms with Gasteiger partial charge in [0.25, 0.3) is 0 Å². The Morgan fingerprint density at radius 3 is 2.47 bits per heavy atom. The number of benzene rings is 2. The highest BCUT2D eigenvalue weighted by atomic mass is 32.2. The average molecular weight is 550 g/mol. The van der Waals surface area contributed by atoms with Crippen LogP contribution in [0.4, 0.5) is 0 Å². The average Bonchev–Trinajstić information content (AvgIpc) is 3.63. The van der Waals surface area contributed by atoms with Gasteiger partial charge in [0.1, 0.15) is 16.8 Å². The minimum atomic E-state index is -0.896. The van der Waals surface area contributed by atoms with Gasteiger partial charge < -0.3 is 14.6 Å². The standard InChI is InChI=1S/C28H27N3O5S2/c1-18-14-23(36-31-18)16-22(17-38-28(34)21-6-4-3-5-7-21)25(32)30-24(27(33)35-2)15-19-8-10-20(11-9-19)26-29-12-13-37-26/h3-14,22,24H,15-17H2,1-2H3,(H,30,32). The van der Waals surface area contributed by atoms with E-state index in [1.165, 1.54) is 7.11 Å². The summed E-state index contributed by atoms with van der Waals surface area (Å²) in [6, 6.07) is 17.4. The van der Waals surface area contributed by atoms with Gasteiger partial charge in [-0.05, 0) is 12.5 Å². The van der Waals surface area contributed by atoms with E-state index in [4.69, 9.17) is 9.26 Å². The van der Waals surface area contributed by atoms with Crippen LogP contribution >= 0.6 is 23.1 Å². The molecule has 38 heavy (non-hydrogen) atoms.